The number of pyridine rings is 1. The molecular formula is C25H26N4O3. The van der Waals surface area contributed by atoms with Crippen molar-refractivity contribution in [3.63, 3.8) is 0 Å². The quantitative estimate of drug-likeness (QED) is 0.551. The first-order valence-corrected chi connectivity index (χ1v) is 10.7. The molecule has 0 fully saturated rings. The zero-order valence-corrected chi connectivity index (χ0v) is 18.0. The monoisotopic (exact) mass is 430 g/mol. The molecule has 7 heteroatoms. The molecule has 0 saturated carbocycles. The molecule has 4 rings (SSSR count). The first-order valence-electron chi connectivity index (χ1n) is 10.7. The number of carbonyl (C=O) groups is 2. The molecule has 0 spiro atoms. The molecule has 1 aliphatic heterocycles. The molecule has 2 aromatic carbocycles. The number of aromatic nitrogens is 1. The number of amides is 1. The molecule has 1 amide bonds. The summed E-state index contributed by atoms with van der Waals surface area (Å²) in [5.41, 5.74) is 2.56. The van der Waals surface area contributed by atoms with Crippen molar-refractivity contribution in [2.45, 2.75) is 25.9 Å². The van der Waals surface area contributed by atoms with Gasteiger partial charge in [-0.05, 0) is 49.4 Å². The molecule has 2 N–H and O–H groups in total. The van der Waals surface area contributed by atoms with E-state index in [1.807, 2.05) is 66.7 Å². The Morgan fingerprint density at radius 2 is 1.91 bits per heavy atom. The number of anilines is 4. The second kappa shape index (κ2) is 9.96. The molecule has 2 heterocycles. The van der Waals surface area contributed by atoms with Crippen LogP contribution >= 0.6 is 0 Å². The summed E-state index contributed by atoms with van der Waals surface area (Å²) in [6.45, 7) is 2.62. The molecule has 32 heavy (non-hydrogen) atoms. The molecule has 0 aliphatic carbocycles. The van der Waals surface area contributed by atoms with Crippen LogP contribution in [0, 0.1) is 0 Å². The first kappa shape index (κ1) is 21.4. The number of ketones is 1. The van der Waals surface area contributed by atoms with Crippen molar-refractivity contribution < 1.29 is 14.3 Å². The van der Waals surface area contributed by atoms with Crippen LogP contribution in [0.1, 0.15) is 19.8 Å². The number of fused-ring (bicyclic) bond motifs is 1. The highest BCUT2D eigenvalue weighted by atomic mass is 16.5. The third-order valence-electron chi connectivity index (χ3n) is 5.12. The van der Waals surface area contributed by atoms with Gasteiger partial charge in [-0.25, -0.2) is 4.98 Å². The fourth-order valence-corrected chi connectivity index (χ4v) is 3.70. The second-order valence-corrected chi connectivity index (χ2v) is 7.71. The number of nitrogens with zero attached hydrogens (tertiary/aromatic N) is 2. The molecular weight excluding hydrogens is 404 g/mol. The van der Waals surface area contributed by atoms with E-state index in [4.69, 9.17) is 4.74 Å². The highest BCUT2D eigenvalue weighted by molar-refractivity contribution is 5.92. The van der Waals surface area contributed by atoms with E-state index < -0.39 is 0 Å². The average Bonchev–Trinajstić information content (AvgIpc) is 2.79. The lowest BCUT2D eigenvalue weighted by atomic mass is 10.1. The van der Waals surface area contributed by atoms with Crippen molar-refractivity contribution in [1.29, 1.82) is 0 Å². The largest absolute Gasteiger partial charge is 0.486 e. The SMILES string of the molecule is CC(=O)CC1CN(c2ccccc2)c2cc(NC(=O)CCNc3ccccn3)ccc2O1. The van der Waals surface area contributed by atoms with Crippen LogP contribution in [-0.4, -0.2) is 35.9 Å². The Labute approximate surface area is 187 Å². The lowest BCUT2D eigenvalue weighted by molar-refractivity contribution is -0.118. The summed E-state index contributed by atoms with van der Waals surface area (Å²) in [5, 5.41) is 6.09. The summed E-state index contributed by atoms with van der Waals surface area (Å²) in [7, 11) is 0. The number of carbonyl (C=O) groups excluding carboxylic acids is 2. The zero-order valence-electron chi connectivity index (χ0n) is 18.0. The van der Waals surface area contributed by atoms with E-state index in [2.05, 4.69) is 20.5 Å². The number of hydrogen-bond donors (Lipinski definition) is 2. The zero-order chi connectivity index (χ0) is 22.3. The van der Waals surface area contributed by atoms with Crippen molar-refractivity contribution in [1.82, 2.24) is 4.98 Å². The predicted molar refractivity (Wildman–Crippen MR) is 126 cm³/mol. The number of benzene rings is 2. The summed E-state index contributed by atoms with van der Waals surface area (Å²) >= 11 is 0. The summed E-state index contributed by atoms with van der Waals surface area (Å²) in [5.74, 6) is 1.44. The van der Waals surface area contributed by atoms with Gasteiger partial charge in [0.1, 0.15) is 23.5 Å². The maximum absolute atomic E-state index is 12.4. The Kier molecular flexibility index (Phi) is 6.65. The van der Waals surface area contributed by atoms with Crippen LogP contribution in [0.2, 0.25) is 0 Å². The van der Waals surface area contributed by atoms with Gasteiger partial charge in [-0.2, -0.15) is 0 Å². The van der Waals surface area contributed by atoms with Crippen LogP contribution in [0.3, 0.4) is 0 Å². The van der Waals surface area contributed by atoms with Crippen LogP contribution in [0.5, 0.6) is 5.75 Å². The van der Waals surface area contributed by atoms with Crippen molar-refractivity contribution >= 4 is 34.6 Å². The van der Waals surface area contributed by atoms with Crippen molar-refractivity contribution in [2.75, 3.05) is 28.6 Å². The third-order valence-corrected chi connectivity index (χ3v) is 5.12. The molecule has 1 unspecified atom stereocenters. The van der Waals surface area contributed by atoms with Gasteiger partial charge in [-0.1, -0.05) is 24.3 Å². The first-order chi connectivity index (χ1) is 15.6. The van der Waals surface area contributed by atoms with Crippen LogP contribution in [0.4, 0.5) is 22.9 Å². The number of rotatable bonds is 8. The molecule has 0 bridgehead atoms. The Morgan fingerprint density at radius 1 is 1.09 bits per heavy atom. The number of ether oxygens (including phenoxy) is 1. The summed E-state index contributed by atoms with van der Waals surface area (Å²) in [4.78, 5) is 30.4. The van der Waals surface area contributed by atoms with Gasteiger partial charge in [0.05, 0.1) is 12.2 Å². The lowest BCUT2D eigenvalue weighted by Crippen LogP contribution is -2.38. The standard InChI is InChI=1S/C25H26N4O3/c1-18(30)15-21-17-29(20-7-3-2-4-8-20)22-16-19(10-11-23(22)32-21)28-25(31)12-14-27-24-9-5-6-13-26-24/h2-11,13,16,21H,12,14-15,17H2,1H3,(H,26,27)(H,28,31). The van der Waals surface area contributed by atoms with Crippen LogP contribution in [0.15, 0.2) is 72.9 Å². The Hall–Kier alpha value is -3.87. The van der Waals surface area contributed by atoms with Crippen LogP contribution in [-0.2, 0) is 9.59 Å². The van der Waals surface area contributed by atoms with E-state index in [1.165, 1.54) is 0 Å². The van der Waals surface area contributed by atoms with E-state index in [0.29, 0.717) is 37.4 Å². The molecule has 1 atom stereocenters. The van der Waals surface area contributed by atoms with Gasteiger partial charge in [0.2, 0.25) is 5.91 Å². The van der Waals surface area contributed by atoms with Crippen molar-refractivity contribution in [2.24, 2.45) is 0 Å². The highest BCUT2D eigenvalue weighted by Gasteiger charge is 2.28. The van der Waals surface area contributed by atoms with E-state index in [1.54, 1.807) is 13.1 Å². The number of nitrogens with one attached hydrogen (secondary N) is 2. The van der Waals surface area contributed by atoms with Crippen molar-refractivity contribution in [3.05, 3.63) is 72.9 Å². The van der Waals surface area contributed by atoms with Crippen LogP contribution < -0.4 is 20.3 Å². The molecule has 0 radical (unpaired) electrons. The van der Waals surface area contributed by atoms with E-state index >= 15 is 0 Å². The smallest absolute Gasteiger partial charge is 0.226 e. The number of para-hydroxylation sites is 1. The minimum atomic E-state index is -0.224. The Bertz CT molecular complexity index is 1070. The third kappa shape index (κ3) is 5.43. The minimum Gasteiger partial charge on any atom is -0.486 e. The highest BCUT2D eigenvalue weighted by Crippen LogP contribution is 2.40. The van der Waals surface area contributed by atoms with Crippen molar-refractivity contribution in [3.8, 4) is 5.75 Å². The number of hydrogen-bond acceptors (Lipinski definition) is 6. The van der Waals surface area contributed by atoms with Gasteiger partial charge in [0.15, 0.2) is 0 Å². The fraction of sp³-hybridized carbons (Fsp3) is 0.240. The topological polar surface area (TPSA) is 83.6 Å². The molecule has 0 saturated heterocycles. The maximum atomic E-state index is 12.4. The van der Waals surface area contributed by atoms with E-state index in [-0.39, 0.29) is 17.8 Å². The summed E-state index contributed by atoms with van der Waals surface area (Å²) < 4.78 is 6.08. The Balaban J connectivity index is 1.46. The Morgan fingerprint density at radius 3 is 2.66 bits per heavy atom. The predicted octanol–water partition coefficient (Wildman–Crippen LogP) is 4.40. The van der Waals surface area contributed by atoms with Gasteiger partial charge in [-0.3, -0.25) is 9.59 Å². The number of Topliss-reactive ketones (excluding diaryl/α,β-unsaturated/α-hetero) is 1. The molecule has 164 valence electrons. The minimum absolute atomic E-state index is 0.0918. The van der Waals surface area contributed by atoms with Gasteiger partial charge >= 0.3 is 0 Å². The van der Waals surface area contributed by atoms with Gasteiger partial charge in [0.25, 0.3) is 0 Å². The molecule has 3 aromatic rings. The molecule has 1 aromatic heterocycles. The van der Waals surface area contributed by atoms with E-state index in [9.17, 15) is 9.59 Å². The average molecular weight is 431 g/mol. The normalized spacial score (nSPS) is 14.8. The second-order valence-electron chi connectivity index (χ2n) is 7.71. The van der Waals surface area contributed by atoms with E-state index in [0.717, 1.165) is 17.2 Å². The fourth-order valence-electron chi connectivity index (χ4n) is 3.70. The van der Waals surface area contributed by atoms with Gasteiger partial charge in [-0.15, -0.1) is 0 Å². The summed E-state index contributed by atoms with van der Waals surface area (Å²) in [6, 6.07) is 21.1. The van der Waals surface area contributed by atoms with Gasteiger partial charge in [0, 0.05) is 37.0 Å². The molecule has 1 aliphatic rings. The lowest BCUT2D eigenvalue weighted by Gasteiger charge is -2.36. The summed E-state index contributed by atoms with van der Waals surface area (Å²) in [6.07, 6.45) is 2.15. The maximum Gasteiger partial charge on any atom is 0.226 e. The van der Waals surface area contributed by atoms with Gasteiger partial charge < -0.3 is 20.3 Å². The molecule has 7 nitrogen and oxygen atoms in total. The van der Waals surface area contributed by atoms with Crippen LogP contribution in [0.25, 0.3) is 0 Å².